The molecule has 0 saturated carbocycles. The SMILES string of the molecule is CCCCOc1c(-c2nnc(-c3ccc(C(C)(C)C)cc3)o2)sc(-c2nnc(-c3ccc(C(C)(C)C)cc3)o2)c1OCCCC. The Morgan fingerprint density at radius 3 is 1.24 bits per heavy atom. The van der Waals surface area contributed by atoms with Crippen molar-refractivity contribution in [2.75, 3.05) is 13.2 Å². The van der Waals surface area contributed by atoms with Gasteiger partial charge in [0.2, 0.25) is 11.8 Å². The van der Waals surface area contributed by atoms with Crippen LogP contribution in [0.2, 0.25) is 0 Å². The zero-order valence-corrected chi connectivity index (χ0v) is 28.5. The van der Waals surface area contributed by atoms with Crippen molar-refractivity contribution in [1.29, 1.82) is 0 Å². The first-order valence-electron chi connectivity index (χ1n) is 15.8. The maximum absolute atomic E-state index is 6.37. The van der Waals surface area contributed by atoms with E-state index < -0.39 is 0 Å². The highest BCUT2D eigenvalue weighted by molar-refractivity contribution is 7.19. The molecule has 45 heavy (non-hydrogen) atoms. The Balaban J connectivity index is 1.54. The highest BCUT2D eigenvalue weighted by Crippen LogP contribution is 2.52. The summed E-state index contributed by atoms with van der Waals surface area (Å²) in [6.07, 6.45) is 3.77. The average Bonchev–Trinajstić information content (AvgIpc) is 3.76. The summed E-state index contributed by atoms with van der Waals surface area (Å²) in [5.74, 6) is 2.70. The minimum atomic E-state index is 0.0509. The van der Waals surface area contributed by atoms with Crippen LogP contribution in [0.15, 0.2) is 57.4 Å². The first kappa shape index (κ1) is 32.4. The van der Waals surface area contributed by atoms with Gasteiger partial charge in [-0.3, -0.25) is 0 Å². The van der Waals surface area contributed by atoms with Crippen LogP contribution >= 0.6 is 11.3 Å². The fourth-order valence-electron chi connectivity index (χ4n) is 4.67. The molecule has 0 aliphatic rings. The van der Waals surface area contributed by atoms with E-state index in [9.17, 15) is 0 Å². The molecule has 5 aromatic rings. The Morgan fingerprint density at radius 2 is 0.911 bits per heavy atom. The molecule has 3 aromatic heterocycles. The molecule has 0 aliphatic carbocycles. The van der Waals surface area contributed by atoms with E-state index in [2.05, 4.69) is 100 Å². The third kappa shape index (κ3) is 7.47. The lowest BCUT2D eigenvalue weighted by molar-refractivity contribution is 0.265. The lowest BCUT2D eigenvalue weighted by Crippen LogP contribution is -2.10. The van der Waals surface area contributed by atoms with Crippen LogP contribution in [0.1, 0.15) is 92.2 Å². The van der Waals surface area contributed by atoms with Crippen molar-refractivity contribution in [2.24, 2.45) is 0 Å². The summed E-state index contributed by atoms with van der Waals surface area (Å²) in [4.78, 5) is 1.35. The zero-order chi connectivity index (χ0) is 32.2. The van der Waals surface area contributed by atoms with Crippen LogP contribution in [0.4, 0.5) is 0 Å². The molecule has 9 heteroatoms. The van der Waals surface area contributed by atoms with E-state index in [1.165, 1.54) is 22.5 Å². The molecular formula is C36H44N4O4S. The Morgan fingerprint density at radius 1 is 0.556 bits per heavy atom. The second-order valence-electron chi connectivity index (χ2n) is 13.3. The molecule has 0 saturated heterocycles. The molecule has 0 N–H and O–H groups in total. The van der Waals surface area contributed by atoms with Gasteiger partial charge in [0.15, 0.2) is 11.5 Å². The van der Waals surface area contributed by atoms with Crippen LogP contribution in [0, 0.1) is 0 Å². The predicted octanol–water partition coefficient (Wildman–Crippen LogP) is 10.1. The lowest BCUT2D eigenvalue weighted by atomic mass is 9.87. The number of thiophene rings is 1. The number of nitrogens with zero attached hydrogens (tertiary/aromatic N) is 4. The monoisotopic (exact) mass is 628 g/mol. The fourth-order valence-corrected chi connectivity index (χ4v) is 5.70. The molecule has 5 rings (SSSR count). The summed E-state index contributed by atoms with van der Waals surface area (Å²) < 4.78 is 25.3. The van der Waals surface area contributed by atoms with E-state index >= 15 is 0 Å². The molecule has 0 radical (unpaired) electrons. The topological polar surface area (TPSA) is 96.3 Å². The molecule has 0 bridgehead atoms. The van der Waals surface area contributed by atoms with Crippen molar-refractivity contribution in [2.45, 2.75) is 91.9 Å². The molecule has 3 heterocycles. The van der Waals surface area contributed by atoms with Crippen molar-refractivity contribution in [3.8, 4) is 55.9 Å². The van der Waals surface area contributed by atoms with Crippen LogP contribution in [0.3, 0.4) is 0 Å². The highest BCUT2D eigenvalue weighted by Gasteiger charge is 2.30. The maximum atomic E-state index is 6.37. The van der Waals surface area contributed by atoms with Crippen LogP contribution < -0.4 is 9.47 Å². The lowest BCUT2D eigenvalue weighted by Gasteiger charge is -2.18. The van der Waals surface area contributed by atoms with Crippen molar-refractivity contribution < 1.29 is 18.3 Å². The van der Waals surface area contributed by atoms with Gasteiger partial charge in [-0.1, -0.05) is 92.5 Å². The number of benzene rings is 2. The van der Waals surface area contributed by atoms with Gasteiger partial charge in [0.05, 0.1) is 13.2 Å². The molecular weight excluding hydrogens is 584 g/mol. The average molecular weight is 629 g/mol. The van der Waals surface area contributed by atoms with Gasteiger partial charge < -0.3 is 18.3 Å². The van der Waals surface area contributed by atoms with Gasteiger partial charge in [-0.2, -0.15) is 0 Å². The number of hydrogen-bond donors (Lipinski definition) is 0. The van der Waals surface area contributed by atoms with E-state index in [-0.39, 0.29) is 10.8 Å². The smallest absolute Gasteiger partial charge is 0.262 e. The number of ether oxygens (including phenoxy) is 2. The molecule has 238 valence electrons. The predicted molar refractivity (Wildman–Crippen MR) is 180 cm³/mol. The number of aromatic nitrogens is 4. The van der Waals surface area contributed by atoms with E-state index in [0.29, 0.717) is 58.0 Å². The van der Waals surface area contributed by atoms with Crippen LogP contribution in [-0.2, 0) is 10.8 Å². The molecule has 0 aliphatic heterocycles. The summed E-state index contributed by atoms with van der Waals surface area (Å²) in [5, 5.41) is 17.7. The number of hydrogen-bond acceptors (Lipinski definition) is 9. The first-order chi connectivity index (χ1) is 21.5. The minimum Gasteiger partial charge on any atom is -0.488 e. The van der Waals surface area contributed by atoms with Gasteiger partial charge in [0.25, 0.3) is 11.8 Å². The highest BCUT2D eigenvalue weighted by atomic mass is 32.1. The standard InChI is InChI=1S/C36H44N4O4S/c1-9-11-21-41-27-28(42-22-12-10-2)30(34-40-38-32(44-34)24-15-19-26(20-16-24)36(6,7)8)45-29(27)33-39-37-31(43-33)23-13-17-25(18-14-23)35(3,4)5/h13-20H,9-12,21-22H2,1-8H3. The molecule has 0 unspecified atom stereocenters. The molecule has 0 atom stereocenters. The van der Waals surface area contributed by atoms with Crippen molar-refractivity contribution in [3.05, 3.63) is 59.7 Å². The van der Waals surface area contributed by atoms with Crippen molar-refractivity contribution in [3.63, 3.8) is 0 Å². The molecule has 0 spiro atoms. The largest absolute Gasteiger partial charge is 0.488 e. The second-order valence-corrected chi connectivity index (χ2v) is 14.3. The van der Waals surface area contributed by atoms with E-state index in [0.717, 1.165) is 36.8 Å². The summed E-state index contributed by atoms with van der Waals surface area (Å²) in [6, 6.07) is 16.5. The minimum absolute atomic E-state index is 0.0509. The Hall–Kier alpha value is -3.98. The van der Waals surface area contributed by atoms with E-state index in [1.54, 1.807) is 0 Å². The quantitative estimate of drug-likeness (QED) is 0.126. The van der Waals surface area contributed by atoms with Gasteiger partial charge >= 0.3 is 0 Å². The Bertz CT molecular complexity index is 1560. The van der Waals surface area contributed by atoms with Gasteiger partial charge in [0.1, 0.15) is 9.75 Å². The molecule has 0 fully saturated rings. The van der Waals surface area contributed by atoms with Crippen LogP contribution in [-0.4, -0.2) is 33.6 Å². The third-order valence-electron chi connectivity index (χ3n) is 7.55. The fraction of sp³-hybridized carbons (Fsp3) is 0.444. The summed E-state index contributed by atoms with van der Waals surface area (Å²) in [7, 11) is 0. The third-order valence-corrected chi connectivity index (χ3v) is 8.67. The second kappa shape index (κ2) is 13.6. The Kier molecular flexibility index (Phi) is 9.77. The summed E-state index contributed by atoms with van der Waals surface area (Å²) in [5.41, 5.74) is 4.28. The molecule has 0 amide bonds. The van der Waals surface area contributed by atoms with Crippen molar-refractivity contribution in [1.82, 2.24) is 20.4 Å². The van der Waals surface area contributed by atoms with E-state index in [4.69, 9.17) is 18.3 Å². The van der Waals surface area contributed by atoms with Gasteiger partial charge in [-0.25, -0.2) is 0 Å². The van der Waals surface area contributed by atoms with Crippen LogP contribution in [0.25, 0.3) is 44.4 Å². The normalized spacial score (nSPS) is 12.1. The maximum Gasteiger partial charge on any atom is 0.262 e. The first-order valence-corrected chi connectivity index (χ1v) is 16.6. The van der Waals surface area contributed by atoms with Gasteiger partial charge in [-0.15, -0.1) is 31.7 Å². The van der Waals surface area contributed by atoms with E-state index in [1.807, 2.05) is 24.3 Å². The van der Waals surface area contributed by atoms with Crippen molar-refractivity contribution >= 4 is 11.3 Å². The number of rotatable bonds is 12. The summed E-state index contributed by atoms with van der Waals surface area (Å²) >= 11 is 1.39. The summed E-state index contributed by atoms with van der Waals surface area (Å²) in [6.45, 7) is 18.5. The zero-order valence-electron chi connectivity index (χ0n) is 27.7. The molecule has 2 aromatic carbocycles. The number of unbranched alkanes of at least 4 members (excludes halogenated alkanes) is 2. The van der Waals surface area contributed by atoms with Crippen LogP contribution in [0.5, 0.6) is 11.5 Å². The van der Waals surface area contributed by atoms with Gasteiger partial charge in [-0.05, 0) is 59.1 Å². The van der Waals surface area contributed by atoms with Gasteiger partial charge in [0, 0.05) is 11.1 Å². The Labute approximate surface area is 270 Å². The molecule has 8 nitrogen and oxygen atoms in total.